The maximum Gasteiger partial charge on any atom is 0.261 e. The van der Waals surface area contributed by atoms with Crippen molar-refractivity contribution in [2.75, 3.05) is 32.6 Å². The molecule has 0 spiro atoms. The third-order valence-electron chi connectivity index (χ3n) is 11.0. The summed E-state index contributed by atoms with van der Waals surface area (Å²) in [7, 11) is 3.58. The first-order valence-corrected chi connectivity index (χ1v) is 15.8. The second-order valence-corrected chi connectivity index (χ2v) is 13.6. The van der Waals surface area contributed by atoms with Crippen molar-refractivity contribution in [2.24, 2.45) is 28.2 Å². The van der Waals surface area contributed by atoms with E-state index in [9.17, 15) is 9.18 Å². The predicted octanol–water partition coefficient (Wildman–Crippen LogP) is 5.10. The molecule has 0 radical (unpaired) electrons. The van der Waals surface area contributed by atoms with Gasteiger partial charge in [0.2, 0.25) is 0 Å². The van der Waals surface area contributed by atoms with Crippen LogP contribution >= 0.6 is 0 Å². The molecule has 3 aromatic rings. The number of likely N-dealkylation sites (N-methyl/N-ethyl adjacent to an activating group) is 1. The first kappa shape index (κ1) is 30.6. The molecule has 1 aromatic heterocycles. The van der Waals surface area contributed by atoms with Crippen molar-refractivity contribution in [3.05, 3.63) is 64.2 Å². The number of nitrogens with one attached hydrogen (secondary N) is 2. The number of nitrogens with zero attached hydrogens (tertiary/aromatic N) is 4. The number of fused-ring (bicyclic) bond motifs is 3. The molecule has 2 N–H and O–H groups in total. The zero-order valence-electron chi connectivity index (χ0n) is 26.5. The topological polar surface area (TPSA) is 83.8 Å². The van der Waals surface area contributed by atoms with E-state index in [0.717, 1.165) is 25.3 Å². The number of anilines is 1. The van der Waals surface area contributed by atoms with Gasteiger partial charge in [0.25, 0.3) is 5.56 Å². The van der Waals surface area contributed by atoms with Crippen LogP contribution in [0.25, 0.3) is 10.9 Å². The second-order valence-electron chi connectivity index (χ2n) is 13.6. The smallest absolute Gasteiger partial charge is 0.261 e. The molecule has 4 fully saturated rings. The van der Waals surface area contributed by atoms with Gasteiger partial charge in [-0.1, -0.05) is 26.8 Å². The Morgan fingerprint density at radius 1 is 1.18 bits per heavy atom. The molecule has 10 heteroatoms. The summed E-state index contributed by atoms with van der Waals surface area (Å²) in [6, 6.07) is 7.71. The fourth-order valence-corrected chi connectivity index (χ4v) is 7.68. The molecule has 2 aromatic carbocycles. The molecule has 8 nitrogen and oxygen atoms in total. The van der Waals surface area contributed by atoms with Gasteiger partial charge in [0.1, 0.15) is 23.2 Å². The van der Waals surface area contributed by atoms with Gasteiger partial charge in [0.05, 0.1) is 42.1 Å². The van der Waals surface area contributed by atoms with Crippen LogP contribution in [0.3, 0.4) is 0 Å². The normalized spacial score (nSPS) is 28.5. The van der Waals surface area contributed by atoms with Gasteiger partial charge >= 0.3 is 0 Å². The van der Waals surface area contributed by atoms with Crippen molar-refractivity contribution in [3.63, 3.8) is 0 Å². The zero-order valence-corrected chi connectivity index (χ0v) is 26.5. The maximum absolute atomic E-state index is 15.7. The van der Waals surface area contributed by atoms with Crippen molar-refractivity contribution in [1.29, 1.82) is 0 Å². The van der Waals surface area contributed by atoms with E-state index in [1.165, 1.54) is 36.6 Å². The molecule has 1 unspecified atom stereocenters. The molecule has 1 saturated heterocycles. The van der Waals surface area contributed by atoms with E-state index in [2.05, 4.69) is 55.3 Å². The van der Waals surface area contributed by atoms with Crippen LogP contribution in [-0.4, -0.2) is 65.7 Å². The van der Waals surface area contributed by atoms with E-state index in [-0.39, 0.29) is 47.7 Å². The summed E-state index contributed by atoms with van der Waals surface area (Å²) in [5, 5.41) is 7.15. The van der Waals surface area contributed by atoms with Crippen molar-refractivity contribution in [2.45, 2.75) is 71.6 Å². The summed E-state index contributed by atoms with van der Waals surface area (Å²) >= 11 is 0. The van der Waals surface area contributed by atoms with Gasteiger partial charge in [0.15, 0.2) is 0 Å². The number of aromatic nitrogens is 2. The number of piperazine rings is 1. The molecule has 0 amide bonds. The Hall–Kier alpha value is -3.37. The Labute approximate surface area is 257 Å². The van der Waals surface area contributed by atoms with Gasteiger partial charge in [-0.05, 0) is 80.2 Å². The number of ether oxygens (including phenoxy) is 1. The number of methoxy groups -OCH3 is 1. The highest BCUT2D eigenvalue weighted by Gasteiger charge is 2.56. The summed E-state index contributed by atoms with van der Waals surface area (Å²) < 4.78 is 36.7. The number of amidine groups is 1. The monoisotopic (exact) mass is 606 g/mol. The van der Waals surface area contributed by atoms with Gasteiger partial charge in [-0.3, -0.25) is 14.4 Å². The lowest BCUT2D eigenvalue weighted by Crippen LogP contribution is -2.61. The summed E-state index contributed by atoms with van der Waals surface area (Å²) in [5.74, 6) is 1.95. The molecule has 2 bridgehead atoms. The fraction of sp³-hybridized carbons (Fsp3) is 0.559. The van der Waals surface area contributed by atoms with Crippen molar-refractivity contribution in [1.82, 2.24) is 19.8 Å². The van der Waals surface area contributed by atoms with Crippen LogP contribution in [-0.2, 0) is 13.0 Å². The molecule has 3 aliphatic carbocycles. The SMILES string of the molecule is COc1ccc(CCn2cnc3cc(NC(=N[C@H]4C[C@H]5C[C@@H]([C@@H]4C)C5(C)C)[C@@H]4NCCN(C)C4C)c(F)cc3c2=O)c(F)c1. The molecule has 1 aliphatic heterocycles. The van der Waals surface area contributed by atoms with Crippen molar-refractivity contribution >= 4 is 22.4 Å². The number of halogens is 2. The number of rotatable bonds is 7. The molecular weight excluding hydrogens is 562 g/mol. The van der Waals surface area contributed by atoms with Gasteiger partial charge in [-0.25, -0.2) is 13.8 Å². The molecule has 44 heavy (non-hydrogen) atoms. The number of aliphatic imine (C=N–C) groups is 1. The summed E-state index contributed by atoms with van der Waals surface area (Å²) in [6.07, 6.45) is 4.03. The summed E-state index contributed by atoms with van der Waals surface area (Å²) in [6.45, 7) is 11.2. The first-order valence-electron chi connectivity index (χ1n) is 15.8. The molecular formula is C34H44F2N6O2. The summed E-state index contributed by atoms with van der Waals surface area (Å²) in [5.41, 5.74) is 1.07. The van der Waals surface area contributed by atoms with Gasteiger partial charge in [-0.2, -0.15) is 0 Å². The van der Waals surface area contributed by atoms with Gasteiger partial charge < -0.3 is 20.3 Å². The van der Waals surface area contributed by atoms with Crippen LogP contribution in [0.2, 0.25) is 0 Å². The van der Waals surface area contributed by atoms with Crippen LogP contribution < -0.4 is 20.9 Å². The van der Waals surface area contributed by atoms with Gasteiger partial charge in [-0.15, -0.1) is 0 Å². The fourth-order valence-electron chi connectivity index (χ4n) is 7.68. The lowest BCUT2D eigenvalue weighted by molar-refractivity contribution is -0.108. The maximum atomic E-state index is 15.7. The van der Waals surface area contributed by atoms with Crippen LogP contribution in [0.5, 0.6) is 5.75 Å². The lowest BCUT2D eigenvalue weighted by Gasteiger charge is -2.61. The van der Waals surface area contributed by atoms with E-state index in [1.807, 2.05) is 0 Å². The molecule has 2 heterocycles. The molecule has 4 aliphatic rings. The largest absolute Gasteiger partial charge is 0.497 e. The Morgan fingerprint density at radius 3 is 2.68 bits per heavy atom. The minimum Gasteiger partial charge on any atom is -0.497 e. The highest BCUT2D eigenvalue weighted by molar-refractivity contribution is 6.01. The van der Waals surface area contributed by atoms with Crippen LogP contribution in [0, 0.1) is 34.8 Å². The average molecular weight is 607 g/mol. The summed E-state index contributed by atoms with van der Waals surface area (Å²) in [4.78, 5) is 25.4. The Morgan fingerprint density at radius 2 is 1.98 bits per heavy atom. The van der Waals surface area contributed by atoms with E-state index in [1.54, 1.807) is 18.2 Å². The first-order chi connectivity index (χ1) is 21.0. The van der Waals surface area contributed by atoms with E-state index >= 15 is 4.39 Å². The lowest BCUT2D eigenvalue weighted by atomic mass is 9.45. The molecule has 3 saturated carbocycles. The molecule has 6 atom stereocenters. The quantitative estimate of drug-likeness (QED) is 0.288. The van der Waals surface area contributed by atoms with E-state index in [4.69, 9.17) is 9.73 Å². The Balaban J connectivity index is 1.27. The zero-order chi connectivity index (χ0) is 31.3. The van der Waals surface area contributed by atoms with Crippen LogP contribution in [0.15, 0.2) is 46.4 Å². The predicted molar refractivity (Wildman–Crippen MR) is 171 cm³/mol. The van der Waals surface area contributed by atoms with Crippen LogP contribution in [0.4, 0.5) is 14.5 Å². The molecule has 7 rings (SSSR count). The Bertz CT molecular complexity index is 1640. The Kier molecular flexibility index (Phi) is 8.26. The number of aryl methyl sites for hydroxylation is 2. The van der Waals surface area contributed by atoms with E-state index in [0.29, 0.717) is 40.0 Å². The minimum absolute atomic E-state index is 0.0957. The number of benzene rings is 2. The highest BCUT2D eigenvalue weighted by Crippen LogP contribution is 2.61. The highest BCUT2D eigenvalue weighted by atomic mass is 19.1. The van der Waals surface area contributed by atoms with Crippen molar-refractivity contribution in [3.8, 4) is 5.75 Å². The third-order valence-corrected chi connectivity index (χ3v) is 11.0. The minimum atomic E-state index is -0.541. The van der Waals surface area contributed by atoms with Gasteiger partial charge in [0, 0.05) is 31.7 Å². The van der Waals surface area contributed by atoms with Crippen molar-refractivity contribution < 1.29 is 13.5 Å². The average Bonchev–Trinajstić information content (AvgIpc) is 2.99. The van der Waals surface area contributed by atoms with Crippen LogP contribution in [0.1, 0.15) is 46.1 Å². The number of hydrogen-bond donors (Lipinski definition) is 2. The number of hydrogen-bond acceptors (Lipinski definition) is 6. The second kappa shape index (κ2) is 11.9. The van der Waals surface area contributed by atoms with E-state index < -0.39 is 11.6 Å². The standard InChI is InChI=1S/C34H44F2N6O2/c1-19-25-13-22(34(25,3)4)14-28(19)39-32(31-20(2)41(5)12-10-37-31)40-30-17-29-24(16-27(30)36)33(43)42(18-38-29)11-9-21-7-8-23(44-6)15-26(21)35/h7-8,15-20,22,25,28,31,37H,9-14H2,1-6H3,(H,39,40)/t19-,20?,22+,25-,28-,31+/m0/s1. The third kappa shape index (κ3) is 5.51. The molecule has 236 valence electrons.